The van der Waals surface area contributed by atoms with Crippen molar-refractivity contribution in [1.29, 1.82) is 0 Å². The molecule has 2 aromatic rings. The van der Waals surface area contributed by atoms with Gasteiger partial charge in [0.15, 0.2) is 11.5 Å². The van der Waals surface area contributed by atoms with Crippen LogP contribution in [0.5, 0.6) is 11.5 Å². The Labute approximate surface area is 146 Å². The molecule has 0 fully saturated rings. The third kappa shape index (κ3) is 4.42. The van der Waals surface area contributed by atoms with Crippen molar-refractivity contribution < 1.29 is 22.7 Å². The van der Waals surface area contributed by atoms with E-state index in [1.54, 1.807) is 19.1 Å². The summed E-state index contributed by atoms with van der Waals surface area (Å²) in [7, 11) is -3.94. The Kier molecular flexibility index (Phi) is 5.87. The average molecular weight is 364 g/mol. The van der Waals surface area contributed by atoms with Gasteiger partial charge in [-0.15, -0.1) is 0 Å². The van der Waals surface area contributed by atoms with Crippen LogP contribution < -0.4 is 19.9 Å². The summed E-state index contributed by atoms with van der Waals surface area (Å²) in [6.07, 6.45) is 0. The topological polar surface area (TPSA) is 108 Å². The van der Waals surface area contributed by atoms with Gasteiger partial charge in [-0.25, -0.2) is 8.42 Å². The zero-order valence-corrected chi connectivity index (χ0v) is 14.8. The van der Waals surface area contributed by atoms with Gasteiger partial charge in [0, 0.05) is 6.07 Å². The summed E-state index contributed by atoms with van der Waals surface area (Å²) in [5, 5.41) is 0. The summed E-state index contributed by atoms with van der Waals surface area (Å²) in [5.41, 5.74) is 5.48. The van der Waals surface area contributed by atoms with Gasteiger partial charge in [-0.1, -0.05) is 12.1 Å². The van der Waals surface area contributed by atoms with Crippen molar-refractivity contribution in [3.63, 3.8) is 0 Å². The molecule has 0 spiro atoms. The Hall–Kier alpha value is -2.74. The maximum absolute atomic E-state index is 12.6. The summed E-state index contributed by atoms with van der Waals surface area (Å²) in [5.74, 6) is 0.0660. The highest BCUT2D eigenvalue weighted by Gasteiger charge is 2.20. The van der Waals surface area contributed by atoms with Gasteiger partial charge in [0.05, 0.1) is 29.4 Å². The molecule has 2 aromatic carbocycles. The minimum atomic E-state index is -3.94. The average Bonchev–Trinajstić information content (AvgIpc) is 2.56. The van der Waals surface area contributed by atoms with Crippen LogP contribution >= 0.6 is 0 Å². The van der Waals surface area contributed by atoms with Gasteiger partial charge in [-0.3, -0.25) is 9.52 Å². The van der Waals surface area contributed by atoms with Crippen molar-refractivity contribution in [2.75, 3.05) is 17.9 Å². The Morgan fingerprint density at radius 3 is 2.32 bits per heavy atom. The molecule has 0 aliphatic heterocycles. The molecule has 0 aromatic heterocycles. The molecular formula is C17H20N2O5S. The van der Waals surface area contributed by atoms with Crippen LogP contribution in [0.3, 0.4) is 0 Å². The maximum Gasteiger partial charge on any atom is 0.262 e. The van der Waals surface area contributed by atoms with Crippen molar-refractivity contribution in [2.24, 2.45) is 5.73 Å². The summed E-state index contributed by atoms with van der Waals surface area (Å²) >= 11 is 0. The van der Waals surface area contributed by atoms with Crippen molar-refractivity contribution in [1.82, 2.24) is 0 Å². The maximum atomic E-state index is 12.6. The van der Waals surface area contributed by atoms with E-state index in [1.807, 2.05) is 6.92 Å². The molecule has 134 valence electrons. The predicted molar refractivity (Wildman–Crippen MR) is 94.5 cm³/mol. The summed E-state index contributed by atoms with van der Waals surface area (Å²) in [4.78, 5) is 11.4. The van der Waals surface area contributed by atoms with Crippen molar-refractivity contribution in [2.45, 2.75) is 18.7 Å². The van der Waals surface area contributed by atoms with E-state index in [-0.39, 0.29) is 16.1 Å². The highest BCUT2D eigenvalue weighted by atomic mass is 32.2. The molecule has 0 unspecified atom stereocenters. The molecule has 8 heteroatoms. The van der Waals surface area contributed by atoms with Gasteiger partial charge >= 0.3 is 0 Å². The van der Waals surface area contributed by atoms with E-state index >= 15 is 0 Å². The number of nitrogens with two attached hydrogens (primary N) is 1. The minimum absolute atomic E-state index is 0.0151. The highest BCUT2D eigenvalue weighted by Crippen LogP contribution is 2.31. The van der Waals surface area contributed by atoms with Crippen molar-refractivity contribution in [3.05, 3.63) is 48.0 Å². The van der Waals surface area contributed by atoms with E-state index in [2.05, 4.69) is 4.72 Å². The molecule has 0 atom stereocenters. The van der Waals surface area contributed by atoms with Gasteiger partial charge in [0.1, 0.15) is 0 Å². The standard InChI is InChI=1S/C17H20N2O5S/c1-3-23-15-10-9-12(11-16(15)24-4-2)25(21,22)19-14-8-6-5-7-13(14)17(18)20/h5-11,19H,3-4H2,1-2H3,(H2,18,20). The fourth-order valence-corrected chi connectivity index (χ4v) is 3.28. The Balaban J connectivity index is 2.40. The summed E-state index contributed by atoms with van der Waals surface area (Å²) in [6, 6.07) is 10.4. The van der Waals surface area contributed by atoms with E-state index in [9.17, 15) is 13.2 Å². The summed E-state index contributed by atoms with van der Waals surface area (Å²) < 4.78 is 38.5. The van der Waals surface area contributed by atoms with Gasteiger partial charge in [0.2, 0.25) is 0 Å². The number of carbonyl (C=O) groups is 1. The SMILES string of the molecule is CCOc1ccc(S(=O)(=O)Nc2ccccc2C(N)=O)cc1OCC. The zero-order chi connectivity index (χ0) is 18.4. The molecule has 0 saturated carbocycles. The Morgan fingerprint density at radius 1 is 1.04 bits per heavy atom. The molecule has 25 heavy (non-hydrogen) atoms. The van der Waals surface area contributed by atoms with E-state index in [1.165, 1.54) is 30.3 Å². The number of amides is 1. The highest BCUT2D eigenvalue weighted by molar-refractivity contribution is 7.92. The molecule has 2 rings (SSSR count). The molecule has 0 heterocycles. The quantitative estimate of drug-likeness (QED) is 0.748. The van der Waals surface area contributed by atoms with Crippen LogP contribution in [-0.4, -0.2) is 27.5 Å². The molecule has 3 N–H and O–H groups in total. The number of primary amides is 1. The fourth-order valence-electron chi connectivity index (χ4n) is 2.19. The first kappa shape index (κ1) is 18.6. The second-order valence-corrected chi connectivity index (χ2v) is 6.67. The second kappa shape index (κ2) is 7.89. The first-order chi connectivity index (χ1) is 11.9. The van der Waals surface area contributed by atoms with Crippen LogP contribution in [0.25, 0.3) is 0 Å². The third-order valence-corrected chi connectivity index (χ3v) is 4.63. The van der Waals surface area contributed by atoms with E-state index in [0.717, 1.165) is 0 Å². The molecule has 1 amide bonds. The van der Waals surface area contributed by atoms with Gasteiger partial charge < -0.3 is 15.2 Å². The molecule has 7 nitrogen and oxygen atoms in total. The number of hydrogen-bond donors (Lipinski definition) is 2. The monoisotopic (exact) mass is 364 g/mol. The second-order valence-electron chi connectivity index (χ2n) is 4.99. The first-order valence-corrected chi connectivity index (χ1v) is 9.18. The predicted octanol–water partition coefficient (Wildman–Crippen LogP) is 2.38. The van der Waals surface area contributed by atoms with E-state index < -0.39 is 15.9 Å². The Morgan fingerprint density at radius 2 is 1.68 bits per heavy atom. The number of para-hydroxylation sites is 1. The smallest absolute Gasteiger partial charge is 0.262 e. The van der Waals surface area contributed by atoms with E-state index in [4.69, 9.17) is 15.2 Å². The van der Waals surface area contributed by atoms with Gasteiger partial charge in [0.25, 0.3) is 15.9 Å². The van der Waals surface area contributed by atoms with Gasteiger partial charge in [-0.05, 0) is 38.1 Å². The van der Waals surface area contributed by atoms with Crippen LogP contribution in [-0.2, 0) is 10.0 Å². The zero-order valence-electron chi connectivity index (χ0n) is 14.0. The Bertz CT molecular complexity index is 865. The molecule has 0 aliphatic carbocycles. The first-order valence-electron chi connectivity index (χ1n) is 7.70. The lowest BCUT2D eigenvalue weighted by atomic mass is 10.2. The molecular weight excluding hydrogens is 344 g/mol. The van der Waals surface area contributed by atoms with E-state index in [0.29, 0.717) is 24.7 Å². The lowest BCUT2D eigenvalue weighted by Gasteiger charge is -2.14. The summed E-state index contributed by atoms with van der Waals surface area (Å²) in [6.45, 7) is 4.40. The van der Waals surface area contributed by atoms with Crippen molar-refractivity contribution in [3.8, 4) is 11.5 Å². The number of carbonyl (C=O) groups excluding carboxylic acids is 1. The number of benzene rings is 2. The van der Waals surface area contributed by atoms with Crippen LogP contribution in [0.4, 0.5) is 5.69 Å². The number of sulfonamides is 1. The van der Waals surface area contributed by atoms with Crippen LogP contribution in [0.2, 0.25) is 0 Å². The lowest BCUT2D eigenvalue weighted by molar-refractivity contribution is 0.100. The minimum Gasteiger partial charge on any atom is -0.490 e. The van der Waals surface area contributed by atoms with Crippen LogP contribution in [0.1, 0.15) is 24.2 Å². The molecule has 0 saturated heterocycles. The normalized spacial score (nSPS) is 11.0. The number of ether oxygens (including phenoxy) is 2. The molecule has 0 radical (unpaired) electrons. The molecule has 0 bridgehead atoms. The third-order valence-electron chi connectivity index (χ3n) is 3.26. The molecule has 0 aliphatic rings. The fraction of sp³-hybridized carbons (Fsp3) is 0.235. The lowest BCUT2D eigenvalue weighted by Crippen LogP contribution is -2.18. The number of nitrogens with one attached hydrogen (secondary N) is 1. The number of anilines is 1. The van der Waals surface area contributed by atoms with Crippen LogP contribution in [0.15, 0.2) is 47.4 Å². The number of hydrogen-bond acceptors (Lipinski definition) is 5. The largest absolute Gasteiger partial charge is 0.490 e. The van der Waals surface area contributed by atoms with Gasteiger partial charge in [-0.2, -0.15) is 0 Å². The van der Waals surface area contributed by atoms with Crippen LogP contribution in [0, 0.1) is 0 Å². The van der Waals surface area contributed by atoms with Crippen molar-refractivity contribution >= 4 is 21.6 Å². The number of rotatable bonds is 8.